The number of para-hydroxylation sites is 2. The summed E-state index contributed by atoms with van der Waals surface area (Å²) in [6.45, 7) is 2.18. The highest BCUT2D eigenvalue weighted by molar-refractivity contribution is 6.10. The van der Waals surface area contributed by atoms with Gasteiger partial charge in [-0.05, 0) is 48.9 Å². The van der Waals surface area contributed by atoms with Gasteiger partial charge in [0, 0.05) is 5.69 Å². The van der Waals surface area contributed by atoms with E-state index in [4.69, 9.17) is 9.15 Å². The molecule has 2 heterocycles. The molecule has 3 aromatic carbocycles. The summed E-state index contributed by atoms with van der Waals surface area (Å²) in [5.74, 6) is -0.0743. The average molecular weight is 413 g/mol. The van der Waals surface area contributed by atoms with Crippen LogP contribution in [0.3, 0.4) is 0 Å². The van der Waals surface area contributed by atoms with Crippen LogP contribution >= 0.6 is 0 Å². The third-order valence-corrected chi connectivity index (χ3v) is 5.41. The van der Waals surface area contributed by atoms with Crippen molar-refractivity contribution >= 4 is 22.6 Å². The van der Waals surface area contributed by atoms with E-state index in [1.807, 2.05) is 37.3 Å². The van der Waals surface area contributed by atoms with Gasteiger partial charge in [-0.3, -0.25) is 14.5 Å². The number of benzene rings is 3. The molecule has 0 bridgehead atoms. The number of ether oxygens (including phenoxy) is 1. The lowest BCUT2D eigenvalue weighted by molar-refractivity contribution is 0.0971. The van der Waals surface area contributed by atoms with Gasteiger partial charge in [0.25, 0.3) is 5.91 Å². The fourth-order valence-electron chi connectivity index (χ4n) is 4.06. The molecule has 0 saturated carbocycles. The Labute approximate surface area is 177 Å². The summed E-state index contributed by atoms with van der Waals surface area (Å²) in [5.41, 5.74) is 1.67. The van der Waals surface area contributed by atoms with Crippen LogP contribution in [0.1, 0.15) is 34.6 Å². The molecule has 1 atom stereocenters. The molecule has 6 nitrogen and oxygen atoms in total. The third-order valence-electron chi connectivity index (χ3n) is 5.41. The van der Waals surface area contributed by atoms with Crippen LogP contribution in [0, 0.1) is 0 Å². The highest BCUT2D eigenvalue weighted by atomic mass is 16.5. The number of amides is 1. The van der Waals surface area contributed by atoms with Crippen LogP contribution < -0.4 is 15.1 Å². The summed E-state index contributed by atoms with van der Waals surface area (Å²) in [4.78, 5) is 28.5. The quantitative estimate of drug-likeness (QED) is 0.527. The predicted molar refractivity (Wildman–Crippen MR) is 117 cm³/mol. The number of fused-ring (bicyclic) bond motifs is 2. The number of hydrogen-bond donors (Lipinski definition) is 1. The van der Waals surface area contributed by atoms with Crippen LogP contribution in [-0.4, -0.2) is 17.6 Å². The Morgan fingerprint density at radius 3 is 2.52 bits per heavy atom. The molecule has 0 radical (unpaired) electrons. The minimum absolute atomic E-state index is 0.00745. The van der Waals surface area contributed by atoms with E-state index in [0.717, 1.165) is 0 Å². The Bertz CT molecular complexity index is 1360. The molecular formula is C25H19NO5. The normalized spacial score (nSPS) is 15.3. The number of phenolic OH excluding ortho intramolecular Hbond substituents is 1. The zero-order valence-corrected chi connectivity index (χ0v) is 16.7. The van der Waals surface area contributed by atoms with E-state index >= 15 is 0 Å². The molecule has 1 amide bonds. The van der Waals surface area contributed by atoms with E-state index in [1.165, 1.54) is 6.07 Å². The van der Waals surface area contributed by atoms with Crippen LogP contribution in [-0.2, 0) is 0 Å². The van der Waals surface area contributed by atoms with Gasteiger partial charge in [-0.25, -0.2) is 0 Å². The summed E-state index contributed by atoms with van der Waals surface area (Å²) >= 11 is 0. The lowest BCUT2D eigenvalue weighted by atomic mass is 9.97. The molecule has 31 heavy (non-hydrogen) atoms. The molecule has 6 heteroatoms. The van der Waals surface area contributed by atoms with E-state index in [0.29, 0.717) is 34.6 Å². The molecule has 1 aromatic heterocycles. The van der Waals surface area contributed by atoms with Gasteiger partial charge in [-0.2, -0.15) is 0 Å². The van der Waals surface area contributed by atoms with Crippen molar-refractivity contribution in [1.82, 2.24) is 0 Å². The standard InChI is InChI=1S/C25H19NO5/c1-2-30-20-14-15(12-13-18(20)27)22-21-23(28)17-10-6-7-11-19(17)31-24(21)25(29)26(22)16-8-4-3-5-9-16/h3-14,22,27H,2H2,1H3. The second-order valence-electron chi connectivity index (χ2n) is 7.24. The summed E-state index contributed by atoms with van der Waals surface area (Å²) in [5, 5.41) is 10.6. The summed E-state index contributed by atoms with van der Waals surface area (Å²) in [7, 11) is 0. The van der Waals surface area contributed by atoms with Crippen LogP contribution in [0.2, 0.25) is 0 Å². The van der Waals surface area contributed by atoms with Crippen LogP contribution in [0.25, 0.3) is 11.0 Å². The number of rotatable bonds is 4. The van der Waals surface area contributed by atoms with Crippen molar-refractivity contribution in [2.45, 2.75) is 13.0 Å². The number of anilines is 1. The van der Waals surface area contributed by atoms with Crippen molar-refractivity contribution < 1.29 is 19.1 Å². The van der Waals surface area contributed by atoms with Gasteiger partial charge in [0.2, 0.25) is 5.76 Å². The first-order valence-corrected chi connectivity index (χ1v) is 10.00. The molecule has 0 aliphatic carbocycles. The molecule has 1 N–H and O–H groups in total. The van der Waals surface area contributed by atoms with E-state index in [9.17, 15) is 14.7 Å². The lowest BCUT2D eigenvalue weighted by Gasteiger charge is -2.25. The first-order chi connectivity index (χ1) is 15.1. The molecule has 4 aromatic rings. The van der Waals surface area contributed by atoms with Crippen molar-refractivity contribution in [3.05, 3.63) is 99.9 Å². The smallest absolute Gasteiger partial charge is 0.295 e. The van der Waals surface area contributed by atoms with E-state index in [2.05, 4.69) is 0 Å². The van der Waals surface area contributed by atoms with Crippen molar-refractivity contribution in [1.29, 1.82) is 0 Å². The van der Waals surface area contributed by atoms with Gasteiger partial charge < -0.3 is 14.3 Å². The number of carbonyl (C=O) groups is 1. The fourth-order valence-corrected chi connectivity index (χ4v) is 4.06. The van der Waals surface area contributed by atoms with Crippen LogP contribution in [0.15, 0.2) is 82.0 Å². The fraction of sp³-hybridized carbons (Fsp3) is 0.120. The maximum atomic E-state index is 13.5. The molecule has 5 rings (SSSR count). The Morgan fingerprint density at radius 1 is 1.00 bits per heavy atom. The summed E-state index contributed by atoms with van der Waals surface area (Å²) in [6.07, 6.45) is 0. The van der Waals surface area contributed by atoms with E-state index in [1.54, 1.807) is 41.3 Å². The van der Waals surface area contributed by atoms with Crippen molar-refractivity contribution in [3.63, 3.8) is 0 Å². The molecule has 1 aliphatic heterocycles. The average Bonchev–Trinajstić information content (AvgIpc) is 3.09. The number of aromatic hydroxyl groups is 1. The Balaban J connectivity index is 1.80. The molecule has 0 saturated heterocycles. The predicted octanol–water partition coefficient (Wildman–Crippen LogP) is 4.65. The monoisotopic (exact) mass is 413 g/mol. The topological polar surface area (TPSA) is 80.0 Å². The highest BCUT2D eigenvalue weighted by Gasteiger charge is 2.43. The van der Waals surface area contributed by atoms with Crippen molar-refractivity contribution in [2.24, 2.45) is 0 Å². The molecule has 154 valence electrons. The van der Waals surface area contributed by atoms with Crippen molar-refractivity contribution in [3.8, 4) is 11.5 Å². The Morgan fingerprint density at radius 2 is 1.74 bits per heavy atom. The summed E-state index contributed by atoms with van der Waals surface area (Å²) < 4.78 is 11.5. The molecule has 0 fully saturated rings. The number of phenols is 1. The van der Waals surface area contributed by atoms with Gasteiger partial charge in [-0.1, -0.05) is 36.4 Å². The largest absolute Gasteiger partial charge is 0.504 e. The minimum atomic E-state index is -0.717. The first-order valence-electron chi connectivity index (χ1n) is 10.00. The van der Waals surface area contributed by atoms with Gasteiger partial charge in [0.05, 0.1) is 23.6 Å². The SMILES string of the molecule is CCOc1cc(C2c3c(oc4ccccc4c3=O)C(=O)N2c2ccccc2)ccc1O. The van der Waals surface area contributed by atoms with Gasteiger partial charge in [0.1, 0.15) is 5.58 Å². The first kappa shape index (κ1) is 18.9. The van der Waals surface area contributed by atoms with Crippen LogP contribution in [0.5, 0.6) is 11.5 Å². The van der Waals surface area contributed by atoms with Crippen LogP contribution in [0.4, 0.5) is 5.69 Å². The zero-order valence-electron chi connectivity index (χ0n) is 16.7. The maximum Gasteiger partial charge on any atom is 0.295 e. The molecule has 1 unspecified atom stereocenters. The lowest BCUT2D eigenvalue weighted by Crippen LogP contribution is -2.29. The molecular weight excluding hydrogens is 394 g/mol. The second kappa shape index (κ2) is 7.32. The number of carbonyl (C=O) groups excluding carboxylic acids is 1. The summed E-state index contributed by atoms with van der Waals surface area (Å²) in [6, 6.07) is 20.2. The number of nitrogens with zero attached hydrogens (tertiary/aromatic N) is 1. The third kappa shape index (κ3) is 2.95. The zero-order chi connectivity index (χ0) is 21.5. The van der Waals surface area contributed by atoms with Crippen molar-refractivity contribution in [2.75, 3.05) is 11.5 Å². The highest BCUT2D eigenvalue weighted by Crippen LogP contribution is 2.43. The number of hydrogen-bond acceptors (Lipinski definition) is 5. The maximum absolute atomic E-state index is 13.5. The van der Waals surface area contributed by atoms with E-state index < -0.39 is 6.04 Å². The molecule has 1 aliphatic rings. The minimum Gasteiger partial charge on any atom is -0.504 e. The van der Waals surface area contributed by atoms with Gasteiger partial charge in [0.15, 0.2) is 16.9 Å². The Hall–Kier alpha value is -4.06. The van der Waals surface area contributed by atoms with E-state index in [-0.39, 0.29) is 28.4 Å². The van der Waals surface area contributed by atoms with Gasteiger partial charge >= 0.3 is 0 Å². The molecule has 0 spiro atoms. The Kier molecular flexibility index (Phi) is 4.47. The second-order valence-corrected chi connectivity index (χ2v) is 7.24. The van der Waals surface area contributed by atoms with Gasteiger partial charge in [-0.15, -0.1) is 0 Å².